The SMILES string of the molecule is C1=CC2=C(C1)CC=C2.C1=CC2=C(CC1)CC1=CCCC=C12.C1=Cc2ccccc2C1.C1=c2ccccc2=CC1.[CH-]=CC1=[C-]CC=C1.[Y].[Y].c1ccc2ccccc2c1. The molecule has 0 amide bonds. The zero-order valence-corrected chi connectivity index (χ0v) is 39.4. The zero-order valence-electron chi connectivity index (χ0n) is 33.7. The average molecular weight is 903 g/mol. The molecule has 0 atom stereocenters. The fourth-order valence-corrected chi connectivity index (χ4v) is 7.91. The van der Waals surface area contributed by atoms with Crippen LogP contribution >= 0.6 is 0 Å². The molecular formula is C56H52Y2-2. The number of allylic oxidation sites excluding steroid dienone is 20. The number of fused-ring (bicyclic) bond motifs is 5. The maximum absolute atomic E-state index is 5.16. The molecule has 0 bridgehead atoms. The van der Waals surface area contributed by atoms with Crippen LogP contribution in [-0.2, 0) is 71.8 Å². The van der Waals surface area contributed by atoms with Crippen molar-refractivity contribution >= 4 is 29.0 Å². The molecule has 284 valence electrons. The van der Waals surface area contributed by atoms with Crippen LogP contribution in [0.25, 0.3) is 29.0 Å². The molecule has 12 rings (SSSR count). The van der Waals surface area contributed by atoms with Crippen LogP contribution in [-0.4, -0.2) is 0 Å². The third-order valence-corrected chi connectivity index (χ3v) is 10.9. The van der Waals surface area contributed by atoms with Gasteiger partial charge in [0.05, 0.1) is 0 Å². The van der Waals surface area contributed by atoms with Crippen molar-refractivity contribution in [2.45, 2.75) is 64.2 Å². The summed E-state index contributed by atoms with van der Waals surface area (Å²) < 4.78 is 0. The molecule has 8 aliphatic rings. The van der Waals surface area contributed by atoms with Gasteiger partial charge in [-0.15, -0.1) is 0 Å². The van der Waals surface area contributed by atoms with E-state index in [1.54, 1.807) is 33.9 Å². The van der Waals surface area contributed by atoms with Gasteiger partial charge in [-0.3, -0.25) is 12.2 Å². The summed E-state index contributed by atoms with van der Waals surface area (Å²) in [4.78, 5) is 0. The van der Waals surface area contributed by atoms with E-state index >= 15 is 0 Å². The Labute approximate surface area is 397 Å². The average Bonchev–Trinajstić information content (AvgIpc) is 4.12. The van der Waals surface area contributed by atoms with Gasteiger partial charge in [0.1, 0.15) is 0 Å². The van der Waals surface area contributed by atoms with E-state index in [1.807, 2.05) is 12.2 Å². The molecule has 4 aromatic carbocycles. The van der Waals surface area contributed by atoms with Gasteiger partial charge in [-0.05, 0) is 112 Å². The predicted molar refractivity (Wildman–Crippen MR) is 242 cm³/mol. The smallest absolute Gasteiger partial charge is 0 e. The summed E-state index contributed by atoms with van der Waals surface area (Å²) in [6, 6.07) is 33.7. The summed E-state index contributed by atoms with van der Waals surface area (Å²) in [7, 11) is 0. The van der Waals surface area contributed by atoms with Crippen molar-refractivity contribution in [2.24, 2.45) is 0 Å². The molecule has 0 unspecified atom stereocenters. The molecule has 0 spiro atoms. The van der Waals surface area contributed by atoms with Crippen LogP contribution < -0.4 is 10.4 Å². The van der Waals surface area contributed by atoms with E-state index < -0.39 is 0 Å². The van der Waals surface area contributed by atoms with Crippen LogP contribution in [0.3, 0.4) is 0 Å². The van der Waals surface area contributed by atoms with E-state index in [2.05, 4.69) is 176 Å². The molecule has 8 aliphatic carbocycles. The summed E-state index contributed by atoms with van der Waals surface area (Å²) in [6.07, 6.45) is 47.6. The first-order chi connectivity index (χ1) is 27.7. The van der Waals surface area contributed by atoms with Gasteiger partial charge in [0.2, 0.25) is 0 Å². The second-order valence-electron chi connectivity index (χ2n) is 14.7. The van der Waals surface area contributed by atoms with Crippen LogP contribution in [0.5, 0.6) is 0 Å². The van der Waals surface area contributed by atoms with Crippen molar-refractivity contribution in [3.05, 3.63) is 243 Å². The molecule has 0 aliphatic heterocycles. The minimum absolute atomic E-state index is 0. The van der Waals surface area contributed by atoms with Crippen LogP contribution in [0.2, 0.25) is 0 Å². The normalized spacial score (nSPS) is 16.9. The Morgan fingerprint density at radius 1 is 0.534 bits per heavy atom. The summed E-state index contributed by atoms with van der Waals surface area (Å²) in [5.41, 5.74) is 13.3. The summed E-state index contributed by atoms with van der Waals surface area (Å²) in [5, 5.41) is 5.39. The van der Waals surface area contributed by atoms with E-state index in [9.17, 15) is 0 Å². The Kier molecular flexibility index (Phi) is 19.0. The first-order valence-corrected chi connectivity index (χ1v) is 20.3. The molecule has 0 saturated carbocycles. The van der Waals surface area contributed by atoms with Crippen LogP contribution in [0.4, 0.5) is 0 Å². The Balaban J connectivity index is 0.000000133. The standard InChI is InChI=1S/C13H14.C10H8.2C9H8.C8H8.C7H6.2Y/c1-3-7-12-10(5-1)9-11-6-2-4-8-13(11)12;1-2-6-10-8-4-3-7-9(10)5-1;2*1-2-5-9-7-3-6-8(9)4-1;1-3-7-5-2-6-8(7)4-1;1-2-7-5-3-4-6-7;;/h3,6-8H,1-2,4-5,9H2;1-8H;1-2,4-7H,3H2;1-6H,7H2;1-3,5H,4,6H2;1-3,5H,4H2;;/q;;;;;-2;;. The molecule has 4 aromatic rings. The van der Waals surface area contributed by atoms with Gasteiger partial charge < -0.3 is 18.2 Å². The van der Waals surface area contributed by atoms with Crippen molar-refractivity contribution in [1.82, 2.24) is 0 Å². The minimum atomic E-state index is 0. The van der Waals surface area contributed by atoms with Crippen LogP contribution in [0.15, 0.2) is 209 Å². The fourth-order valence-electron chi connectivity index (χ4n) is 7.91. The summed E-state index contributed by atoms with van der Waals surface area (Å²) in [5.74, 6) is 0. The van der Waals surface area contributed by atoms with Gasteiger partial charge >= 0.3 is 0 Å². The van der Waals surface area contributed by atoms with Crippen LogP contribution in [0.1, 0.15) is 68.9 Å². The molecule has 0 N–H and O–H groups in total. The van der Waals surface area contributed by atoms with E-state index in [1.165, 1.54) is 82.9 Å². The third kappa shape index (κ3) is 12.9. The van der Waals surface area contributed by atoms with Crippen molar-refractivity contribution in [3.8, 4) is 0 Å². The molecule has 0 saturated heterocycles. The van der Waals surface area contributed by atoms with Gasteiger partial charge in [0.15, 0.2) is 0 Å². The zero-order chi connectivity index (χ0) is 38.2. The molecule has 2 heteroatoms. The summed E-state index contributed by atoms with van der Waals surface area (Å²) >= 11 is 0. The fraction of sp³-hybridized carbons (Fsp3) is 0.179. The maximum Gasteiger partial charge on any atom is 0 e. The monoisotopic (exact) mass is 902 g/mol. The molecular weight excluding hydrogens is 850 g/mol. The van der Waals surface area contributed by atoms with E-state index in [0.29, 0.717) is 0 Å². The molecule has 0 aromatic heterocycles. The molecule has 0 fully saturated rings. The summed E-state index contributed by atoms with van der Waals surface area (Å²) in [6.45, 7) is 5.16. The molecule has 58 heavy (non-hydrogen) atoms. The van der Waals surface area contributed by atoms with Gasteiger partial charge in [0, 0.05) is 65.4 Å². The van der Waals surface area contributed by atoms with Gasteiger partial charge in [-0.25, -0.2) is 0 Å². The third-order valence-electron chi connectivity index (χ3n) is 10.9. The predicted octanol–water partition coefficient (Wildman–Crippen LogP) is 13.3. The minimum Gasteiger partial charge on any atom is -0.361 e. The van der Waals surface area contributed by atoms with Crippen LogP contribution in [0, 0.1) is 12.7 Å². The second kappa shape index (κ2) is 24.3. The van der Waals surface area contributed by atoms with E-state index in [-0.39, 0.29) is 65.4 Å². The Hall–Kier alpha value is -3.77. The molecule has 2 radical (unpaired) electrons. The van der Waals surface area contributed by atoms with Gasteiger partial charge in [-0.1, -0.05) is 188 Å². The first-order valence-electron chi connectivity index (χ1n) is 20.3. The van der Waals surface area contributed by atoms with Gasteiger partial charge in [-0.2, -0.15) is 6.08 Å². The Morgan fingerprint density at radius 3 is 1.76 bits per heavy atom. The quantitative estimate of drug-likeness (QED) is 0.167. The Bertz CT molecular complexity index is 2370. The second-order valence-corrected chi connectivity index (χ2v) is 14.7. The van der Waals surface area contributed by atoms with Crippen molar-refractivity contribution in [1.29, 1.82) is 0 Å². The number of benzene rings is 4. The number of hydrogen-bond acceptors (Lipinski definition) is 0. The van der Waals surface area contributed by atoms with E-state index in [0.717, 1.165) is 24.8 Å². The van der Waals surface area contributed by atoms with Crippen molar-refractivity contribution < 1.29 is 65.4 Å². The first kappa shape index (κ1) is 45.3. The Morgan fingerprint density at radius 2 is 1.16 bits per heavy atom. The molecule has 0 heterocycles. The van der Waals surface area contributed by atoms with Crippen molar-refractivity contribution in [2.75, 3.05) is 0 Å². The van der Waals surface area contributed by atoms with E-state index in [4.69, 9.17) is 6.58 Å². The number of hydrogen-bond donors (Lipinski definition) is 0. The van der Waals surface area contributed by atoms with Gasteiger partial charge in [0.25, 0.3) is 0 Å². The number of rotatable bonds is 1. The molecule has 0 nitrogen and oxygen atoms in total. The maximum atomic E-state index is 5.16. The van der Waals surface area contributed by atoms with Crippen molar-refractivity contribution in [3.63, 3.8) is 0 Å². The largest absolute Gasteiger partial charge is 0.361 e. The topological polar surface area (TPSA) is 0 Å².